The van der Waals surface area contributed by atoms with Gasteiger partial charge in [-0.15, -0.1) is 0 Å². The summed E-state index contributed by atoms with van der Waals surface area (Å²) in [5.41, 5.74) is 1.80. The molecule has 7 heteroatoms. The summed E-state index contributed by atoms with van der Waals surface area (Å²) in [6.45, 7) is 13.3. The molecule has 1 saturated heterocycles. The maximum Gasteiger partial charge on any atom is 0.237 e. The molecule has 0 bridgehead atoms. The molecular weight excluding hydrogens is 330 g/mol. The number of hydrogen-bond acceptors (Lipinski definition) is 4. The molecule has 2 heterocycles. The second-order valence-electron chi connectivity index (χ2n) is 8.53. The Morgan fingerprint density at radius 3 is 2.77 bits per heavy atom. The van der Waals surface area contributed by atoms with Crippen molar-refractivity contribution >= 4 is 11.8 Å². The number of H-pyrrole nitrogens is 1. The molecule has 1 aliphatic heterocycles. The van der Waals surface area contributed by atoms with Crippen LogP contribution < -0.4 is 10.6 Å². The highest BCUT2D eigenvalue weighted by Crippen LogP contribution is 2.20. The van der Waals surface area contributed by atoms with Crippen molar-refractivity contribution < 1.29 is 9.59 Å². The summed E-state index contributed by atoms with van der Waals surface area (Å²) in [6.07, 6.45) is 1.21. The third-order valence-electron chi connectivity index (χ3n) is 4.69. The van der Waals surface area contributed by atoms with Crippen molar-refractivity contribution in [3.63, 3.8) is 0 Å². The molecule has 0 radical (unpaired) electrons. The Kier molecular flexibility index (Phi) is 6.81. The lowest BCUT2D eigenvalue weighted by molar-refractivity contribution is -0.134. The van der Waals surface area contributed by atoms with Crippen LogP contribution in [0.4, 0.5) is 0 Å². The molecule has 3 N–H and O–H groups in total. The highest BCUT2D eigenvalue weighted by atomic mass is 16.2. The number of amides is 2. The number of nitrogens with one attached hydrogen (secondary N) is 3. The van der Waals surface area contributed by atoms with Crippen molar-refractivity contribution in [1.82, 2.24) is 25.7 Å². The minimum Gasteiger partial charge on any atom is -0.353 e. The van der Waals surface area contributed by atoms with E-state index in [1.807, 2.05) is 6.07 Å². The lowest BCUT2D eigenvalue weighted by Crippen LogP contribution is -2.56. The molecule has 0 aromatic carbocycles. The van der Waals surface area contributed by atoms with Crippen molar-refractivity contribution in [2.75, 3.05) is 19.6 Å². The molecule has 0 saturated carbocycles. The quantitative estimate of drug-likeness (QED) is 0.686. The van der Waals surface area contributed by atoms with Gasteiger partial charge in [0.1, 0.15) is 0 Å². The third kappa shape index (κ3) is 5.83. The molecule has 7 nitrogen and oxygen atoms in total. The molecule has 146 valence electrons. The van der Waals surface area contributed by atoms with E-state index in [4.69, 9.17) is 0 Å². The van der Waals surface area contributed by atoms with Gasteiger partial charge in [-0.2, -0.15) is 5.10 Å². The minimum absolute atomic E-state index is 0.0319. The smallest absolute Gasteiger partial charge is 0.237 e. The van der Waals surface area contributed by atoms with Crippen molar-refractivity contribution in [2.24, 2.45) is 5.92 Å². The summed E-state index contributed by atoms with van der Waals surface area (Å²) >= 11 is 0. The van der Waals surface area contributed by atoms with Crippen LogP contribution in [0.3, 0.4) is 0 Å². The van der Waals surface area contributed by atoms with Crippen LogP contribution in [0.25, 0.3) is 0 Å². The number of hydrogen-bond donors (Lipinski definition) is 3. The lowest BCUT2D eigenvalue weighted by atomic mass is 9.92. The van der Waals surface area contributed by atoms with Crippen LogP contribution in [0, 0.1) is 5.92 Å². The highest BCUT2D eigenvalue weighted by molar-refractivity contribution is 5.88. The second kappa shape index (κ2) is 8.66. The van der Waals surface area contributed by atoms with Gasteiger partial charge in [0.2, 0.25) is 11.8 Å². The first-order chi connectivity index (χ1) is 12.2. The van der Waals surface area contributed by atoms with E-state index < -0.39 is 0 Å². The second-order valence-corrected chi connectivity index (χ2v) is 8.53. The van der Waals surface area contributed by atoms with E-state index in [1.54, 1.807) is 0 Å². The predicted octanol–water partition coefficient (Wildman–Crippen LogP) is 1.56. The summed E-state index contributed by atoms with van der Waals surface area (Å²) in [5, 5.41) is 13.0. The molecule has 1 aliphatic rings. The molecule has 1 unspecified atom stereocenters. The van der Waals surface area contributed by atoms with Crippen molar-refractivity contribution in [3.05, 3.63) is 17.5 Å². The van der Waals surface area contributed by atoms with E-state index in [-0.39, 0.29) is 29.7 Å². The average molecular weight is 364 g/mol. The van der Waals surface area contributed by atoms with E-state index in [2.05, 4.69) is 60.3 Å². The summed E-state index contributed by atoms with van der Waals surface area (Å²) in [4.78, 5) is 26.7. The largest absolute Gasteiger partial charge is 0.353 e. The van der Waals surface area contributed by atoms with E-state index in [1.165, 1.54) is 0 Å². The monoisotopic (exact) mass is 363 g/mol. The van der Waals surface area contributed by atoms with Gasteiger partial charge >= 0.3 is 0 Å². The van der Waals surface area contributed by atoms with Gasteiger partial charge in [-0.25, -0.2) is 0 Å². The van der Waals surface area contributed by atoms with E-state index in [0.29, 0.717) is 19.0 Å². The Labute approximate surface area is 156 Å². The number of aromatic nitrogens is 2. The summed E-state index contributed by atoms with van der Waals surface area (Å²) < 4.78 is 0. The van der Waals surface area contributed by atoms with Gasteiger partial charge in [-0.1, -0.05) is 34.6 Å². The molecule has 1 atom stereocenters. The molecular formula is C19H33N5O2. The Morgan fingerprint density at radius 2 is 2.15 bits per heavy atom. The maximum absolute atomic E-state index is 12.4. The number of carbonyl (C=O) groups is 2. The summed E-state index contributed by atoms with van der Waals surface area (Å²) in [7, 11) is 0. The van der Waals surface area contributed by atoms with Gasteiger partial charge in [-0.05, 0) is 24.9 Å². The standard InChI is InChI=1S/C19H33N5O2/c1-13(2)6-8-24-9-7-20-18(26)15(24)11-17(25)21-12-14-10-16(23-22-14)19(3,4)5/h10,13,15H,6-9,11-12H2,1-5H3,(H,20,26)(H,21,25)(H,22,23). The highest BCUT2D eigenvalue weighted by Gasteiger charge is 2.31. The molecule has 2 amide bonds. The van der Waals surface area contributed by atoms with Crippen LogP contribution in [0.5, 0.6) is 0 Å². The molecule has 2 rings (SSSR count). The van der Waals surface area contributed by atoms with Crippen LogP contribution in [0.15, 0.2) is 6.07 Å². The van der Waals surface area contributed by atoms with Crippen LogP contribution in [-0.4, -0.2) is 52.6 Å². The van der Waals surface area contributed by atoms with Gasteiger partial charge in [0.25, 0.3) is 0 Å². The summed E-state index contributed by atoms with van der Waals surface area (Å²) in [5.74, 6) is 0.409. The number of carbonyl (C=O) groups excluding carboxylic acids is 2. The topological polar surface area (TPSA) is 90.1 Å². The van der Waals surface area contributed by atoms with E-state index >= 15 is 0 Å². The molecule has 1 fully saturated rings. The SMILES string of the molecule is CC(C)CCN1CCNC(=O)C1CC(=O)NCc1cc(C(C)(C)C)n[nH]1. The Bertz CT molecular complexity index is 618. The van der Waals surface area contributed by atoms with Crippen LogP contribution in [0.1, 0.15) is 58.8 Å². The zero-order chi connectivity index (χ0) is 19.3. The summed E-state index contributed by atoms with van der Waals surface area (Å²) in [6, 6.07) is 1.59. The van der Waals surface area contributed by atoms with Crippen LogP contribution in [-0.2, 0) is 21.5 Å². The zero-order valence-electron chi connectivity index (χ0n) is 16.7. The van der Waals surface area contributed by atoms with Gasteiger partial charge in [0, 0.05) is 18.5 Å². The normalized spacial score (nSPS) is 18.8. The Balaban J connectivity index is 1.88. The Hall–Kier alpha value is -1.89. The Morgan fingerprint density at radius 1 is 1.42 bits per heavy atom. The van der Waals surface area contributed by atoms with Gasteiger partial charge < -0.3 is 10.6 Å². The van der Waals surface area contributed by atoms with Crippen LogP contribution in [0.2, 0.25) is 0 Å². The third-order valence-corrected chi connectivity index (χ3v) is 4.69. The van der Waals surface area contributed by atoms with Gasteiger partial charge in [-0.3, -0.25) is 19.6 Å². The predicted molar refractivity (Wildman–Crippen MR) is 102 cm³/mol. The average Bonchev–Trinajstić information content (AvgIpc) is 3.02. The molecule has 26 heavy (non-hydrogen) atoms. The first-order valence-corrected chi connectivity index (χ1v) is 9.50. The molecule has 0 aliphatic carbocycles. The van der Waals surface area contributed by atoms with E-state index in [9.17, 15) is 9.59 Å². The number of aromatic amines is 1. The maximum atomic E-state index is 12.4. The molecule has 0 spiro atoms. The number of piperazine rings is 1. The molecule has 1 aromatic rings. The van der Waals surface area contributed by atoms with E-state index in [0.717, 1.165) is 30.9 Å². The van der Waals surface area contributed by atoms with Crippen molar-refractivity contribution in [1.29, 1.82) is 0 Å². The number of nitrogens with zero attached hydrogens (tertiary/aromatic N) is 2. The fraction of sp³-hybridized carbons (Fsp3) is 0.737. The molecule has 1 aromatic heterocycles. The number of rotatable bonds is 7. The fourth-order valence-electron chi connectivity index (χ4n) is 2.95. The van der Waals surface area contributed by atoms with Crippen molar-refractivity contribution in [2.45, 2.75) is 65.5 Å². The minimum atomic E-state index is -0.380. The van der Waals surface area contributed by atoms with Gasteiger partial charge in [0.15, 0.2) is 0 Å². The van der Waals surface area contributed by atoms with Crippen molar-refractivity contribution in [3.8, 4) is 0 Å². The lowest BCUT2D eigenvalue weighted by Gasteiger charge is -2.35. The van der Waals surface area contributed by atoms with Gasteiger partial charge in [0.05, 0.1) is 30.4 Å². The van der Waals surface area contributed by atoms with Crippen LogP contribution >= 0.6 is 0 Å². The first kappa shape index (κ1) is 20.4. The zero-order valence-corrected chi connectivity index (χ0v) is 16.7. The fourth-order valence-corrected chi connectivity index (χ4v) is 2.95. The first-order valence-electron chi connectivity index (χ1n) is 9.50.